The van der Waals surface area contributed by atoms with Crippen molar-refractivity contribution in [2.45, 2.75) is 0 Å². The topological polar surface area (TPSA) is 50.2 Å². The molecule has 0 unspecified atom stereocenters. The number of hydrogen-bond donors (Lipinski definition) is 1. The molecule has 0 spiro atoms. The quantitative estimate of drug-likeness (QED) is 0.819. The lowest BCUT2D eigenvalue weighted by molar-refractivity contribution is 0.0697. The van der Waals surface area contributed by atoms with E-state index in [9.17, 15) is 4.79 Å². The third kappa shape index (κ3) is 1.65. The third-order valence-electron chi connectivity index (χ3n) is 1.82. The van der Waals surface area contributed by atoms with E-state index in [4.69, 9.17) is 5.11 Å². The highest BCUT2D eigenvalue weighted by Crippen LogP contribution is 2.20. The van der Waals surface area contributed by atoms with E-state index in [0.717, 1.165) is 5.56 Å². The molecule has 2 aromatic heterocycles. The van der Waals surface area contributed by atoms with Gasteiger partial charge in [0.25, 0.3) is 0 Å². The van der Waals surface area contributed by atoms with Crippen LogP contribution in [-0.2, 0) is 0 Å². The van der Waals surface area contributed by atoms with Crippen LogP contribution in [0.2, 0.25) is 0 Å². The molecule has 1 N–H and O–H groups in total. The number of carboxylic acid groups (broad SMARTS) is 1. The average molecular weight is 205 g/mol. The second-order valence-corrected chi connectivity index (χ2v) is 3.53. The molecule has 14 heavy (non-hydrogen) atoms. The van der Waals surface area contributed by atoms with Gasteiger partial charge >= 0.3 is 5.97 Å². The number of thiophene rings is 1. The van der Waals surface area contributed by atoms with Crippen molar-refractivity contribution >= 4 is 17.3 Å². The summed E-state index contributed by atoms with van der Waals surface area (Å²) < 4.78 is 0. The minimum atomic E-state index is -0.927. The summed E-state index contributed by atoms with van der Waals surface area (Å²) in [4.78, 5) is 14.8. The molecular weight excluding hydrogens is 198 g/mol. The van der Waals surface area contributed by atoms with Crippen LogP contribution in [0, 0.1) is 0 Å². The van der Waals surface area contributed by atoms with Crippen molar-refractivity contribution in [2.75, 3.05) is 0 Å². The number of nitrogens with zero attached hydrogens (tertiary/aromatic N) is 1. The maximum Gasteiger partial charge on any atom is 0.335 e. The lowest BCUT2D eigenvalue weighted by Crippen LogP contribution is -1.96. The average Bonchev–Trinajstić information content (AvgIpc) is 2.71. The highest BCUT2D eigenvalue weighted by molar-refractivity contribution is 7.08. The molecule has 70 valence electrons. The molecule has 0 fully saturated rings. The van der Waals surface area contributed by atoms with Crippen LogP contribution in [0.25, 0.3) is 11.3 Å². The number of aromatic carboxylic acids is 1. The fraction of sp³-hybridized carbons (Fsp3) is 0. The van der Waals surface area contributed by atoms with Crippen LogP contribution in [0.3, 0.4) is 0 Å². The van der Waals surface area contributed by atoms with Gasteiger partial charge in [-0.15, -0.1) is 0 Å². The first-order valence-electron chi connectivity index (χ1n) is 3.99. The molecule has 2 heterocycles. The van der Waals surface area contributed by atoms with Gasteiger partial charge in [0, 0.05) is 17.1 Å². The first-order valence-corrected chi connectivity index (χ1v) is 4.93. The van der Waals surface area contributed by atoms with Crippen LogP contribution in [0.1, 0.15) is 10.4 Å². The zero-order valence-electron chi connectivity index (χ0n) is 7.18. The molecule has 3 nitrogen and oxygen atoms in total. The molecule has 0 aliphatic heterocycles. The van der Waals surface area contributed by atoms with Crippen molar-refractivity contribution in [1.29, 1.82) is 0 Å². The summed E-state index contributed by atoms with van der Waals surface area (Å²) in [6.45, 7) is 0. The summed E-state index contributed by atoms with van der Waals surface area (Å²) in [5.41, 5.74) is 1.92. The van der Waals surface area contributed by atoms with Crippen LogP contribution >= 0.6 is 11.3 Å². The smallest absolute Gasteiger partial charge is 0.335 e. The van der Waals surface area contributed by atoms with Crippen LogP contribution in [-0.4, -0.2) is 16.1 Å². The Morgan fingerprint density at radius 1 is 1.43 bits per heavy atom. The SMILES string of the molecule is O=C(O)c1ccnc(-c2ccsc2)c1. The van der Waals surface area contributed by atoms with E-state index in [1.807, 2.05) is 16.8 Å². The first kappa shape index (κ1) is 8.90. The molecule has 0 amide bonds. The van der Waals surface area contributed by atoms with E-state index < -0.39 is 5.97 Å². The van der Waals surface area contributed by atoms with E-state index in [2.05, 4.69) is 4.98 Å². The Morgan fingerprint density at radius 3 is 2.93 bits per heavy atom. The van der Waals surface area contributed by atoms with Crippen molar-refractivity contribution in [3.8, 4) is 11.3 Å². The summed E-state index contributed by atoms with van der Waals surface area (Å²) in [6, 6.07) is 4.97. The highest BCUT2D eigenvalue weighted by atomic mass is 32.1. The number of carboxylic acids is 1. The lowest BCUT2D eigenvalue weighted by Gasteiger charge is -1.98. The van der Waals surface area contributed by atoms with Crippen LogP contribution < -0.4 is 0 Å². The number of carbonyl (C=O) groups is 1. The van der Waals surface area contributed by atoms with E-state index in [1.165, 1.54) is 12.3 Å². The van der Waals surface area contributed by atoms with Crippen molar-refractivity contribution in [3.05, 3.63) is 40.7 Å². The Hall–Kier alpha value is -1.68. The van der Waals surface area contributed by atoms with Gasteiger partial charge in [-0.1, -0.05) is 0 Å². The van der Waals surface area contributed by atoms with Gasteiger partial charge in [-0.25, -0.2) is 4.79 Å². The molecule has 0 saturated heterocycles. The van der Waals surface area contributed by atoms with Gasteiger partial charge in [0.05, 0.1) is 11.3 Å². The molecule has 2 aromatic rings. The molecule has 0 saturated carbocycles. The van der Waals surface area contributed by atoms with Crippen molar-refractivity contribution in [2.24, 2.45) is 0 Å². The molecule has 0 aromatic carbocycles. The van der Waals surface area contributed by atoms with Gasteiger partial charge in [-0.05, 0) is 23.6 Å². The molecule has 0 atom stereocenters. The number of pyridine rings is 1. The molecule has 2 rings (SSSR count). The summed E-state index contributed by atoms with van der Waals surface area (Å²) in [7, 11) is 0. The minimum Gasteiger partial charge on any atom is -0.478 e. The number of aromatic nitrogens is 1. The van der Waals surface area contributed by atoms with Crippen molar-refractivity contribution in [1.82, 2.24) is 4.98 Å². The summed E-state index contributed by atoms with van der Waals surface area (Å²) >= 11 is 1.56. The molecule has 0 radical (unpaired) electrons. The first-order chi connectivity index (χ1) is 6.77. The maximum atomic E-state index is 10.7. The monoisotopic (exact) mass is 205 g/mol. The molecule has 0 aliphatic carbocycles. The Labute approximate surface area is 84.7 Å². The normalized spacial score (nSPS) is 10.0. The molecule has 0 aliphatic rings. The van der Waals surface area contributed by atoms with Crippen LogP contribution in [0.5, 0.6) is 0 Å². The number of rotatable bonds is 2. The summed E-state index contributed by atoms with van der Waals surface area (Å²) in [6.07, 6.45) is 1.51. The van der Waals surface area contributed by atoms with Gasteiger partial charge in [0.2, 0.25) is 0 Å². The van der Waals surface area contributed by atoms with Crippen molar-refractivity contribution in [3.63, 3.8) is 0 Å². The summed E-state index contributed by atoms with van der Waals surface area (Å²) in [5.74, 6) is -0.927. The predicted octanol–water partition coefficient (Wildman–Crippen LogP) is 2.51. The number of hydrogen-bond acceptors (Lipinski definition) is 3. The van der Waals surface area contributed by atoms with E-state index >= 15 is 0 Å². The van der Waals surface area contributed by atoms with E-state index in [-0.39, 0.29) is 5.56 Å². The maximum absolute atomic E-state index is 10.7. The highest BCUT2D eigenvalue weighted by Gasteiger charge is 2.05. The fourth-order valence-corrected chi connectivity index (χ4v) is 1.78. The van der Waals surface area contributed by atoms with E-state index in [0.29, 0.717) is 5.69 Å². The predicted molar refractivity (Wildman–Crippen MR) is 54.5 cm³/mol. The Morgan fingerprint density at radius 2 is 2.29 bits per heavy atom. The Balaban J connectivity index is 2.46. The minimum absolute atomic E-state index is 0.265. The second-order valence-electron chi connectivity index (χ2n) is 2.75. The van der Waals surface area contributed by atoms with Gasteiger partial charge < -0.3 is 5.11 Å². The fourth-order valence-electron chi connectivity index (χ4n) is 1.13. The van der Waals surface area contributed by atoms with Gasteiger partial charge in [-0.3, -0.25) is 4.98 Å². The lowest BCUT2D eigenvalue weighted by atomic mass is 10.1. The standard InChI is InChI=1S/C10H7NO2S/c12-10(13)7-1-3-11-9(5-7)8-2-4-14-6-8/h1-6H,(H,12,13). The zero-order chi connectivity index (χ0) is 9.97. The largest absolute Gasteiger partial charge is 0.478 e. The summed E-state index contributed by atoms with van der Waals surface area (Å²) in [5, 5.41) is 12.7. The van der Waals surface area contributed by atoms with Gasteiger partial charge in [-0.2, -0.15) is 11.3 Å². The Kier molecular flexibility index (Phi) is 2.28. The zero-order valence-corrected chi connectivity index (χ0v) is 7.99. The van der Waals surface area contributed by atoms with Gasteiger partial charge in [0.15, 0.2) is 0 Å². The molecular formula is C10H7NO2S. The molecule has 0 bridgehead atoms. The van der Waals surface area contributed by atoms with E-state index in [1.54, 1.807) is 17.4 Å². The van der Waals surface area contributed by atoms with Crippen molar-refractivity contribution < 1.29 is 9.90 Å². The van der Waals surface area contributed by atoms with Gasteiger partial charge in [0.1, 0.15) is 0 Å². The molecule has 4 heteroatoms. The Bertz CT molecular complexity index is 451. The van der Waals surface area contributed by atoms with Crippen LogP contribution in [0.4, 0.5) is 0 Å². The third-order valence-corrected chi connectivity index (χ3v) is 2.51. The van der Waals surface area contributed by atoms with Crippen LogP contribution in [0.15, 0.2) is 35.2 Å². The second kappa shape index (κ2) is 3.59.